The van der Waals surface area contributed by atoms with Crippen molar-refractivity contribution in [1.29, 1.82) is 0 Å². The summed E-state index contributed by atoms with van der Waals surface area (Å²) in [4.78, 5) is 33.2. The second-order valence-corrected chi connectivity index (χ2v) is 3.77. The SMILES string of the molecule is CC(=O)Oc1ccc2occ(/C=C\C=O)c(=O)c2c1. The summed E-state index contributed by atoms with van der Waals surface area (Å²) in [6.07, 6.45) is 4.40. The molecule has 0 aliphatic heterocycles. The van der Waals surface area contributed by atoms with Crippen LogP contribution in [0.4, 0.5) is 0 Å². The molecule has 0 spiro atoms. The van der Waals surface area contributed by atoms with Crippen LogP contribution in [-0.4, -0.2) is 12.3 Å². The summed E-state index contributed by atoms with van der Waals surface area (Å²) in [7, 11) is 0. The minimum Gasteiger partial charge on any atom is -0.463 e. The predicted octanol–water partition coefficient (Wildman–Crippen LogP) is 1.93. The molecule has 5 nitrogen and oxygen atoms in total. The normalized spacial score (nSPS) is 10.8. The second kappa shape index (κ2) is 5.30. The maximum absolute atomic E-state index is 12.1. The van der Waals surface area contributed by atoms with Crippen LogP contribution >= 0.6 is 0 Å². The van der Waals surface area contributed by atoms with Crippen molar-refractivity contribution >= 4 is 29.3 Å². The van der Waals surface area contributed by atoms with Gasteiger partial charge in [0, 0.05) is 6.92 Å². The topological polar surface area (TPSA) is 73.6 Å². The van der Waals surface area contributed by atoms with E-state index in [0.717, 1.165) is 0 Å². The fraction of sp³-hybridized carbons (Fsp3) is 0.0714. The number of benzene rings is 1. The summed E-state index contributed by atoms with van der Waals surface area (Å²) >= 11 is 0. The quantitative estimate of drug-likeness (QED) is 0.364. The van der Waals surface area contributed by atoms with Crippen molar-refractivity contribution in [2.24, 2.45) is 0 Å². The first-order valence-electron chi connectivity index (χ1n) is 5.47. The van der Waals surface area contributed by atoms with Crippen molar-refractivity contribution in [3.8, 4) is 5.75 Å². The van der Waals surface area contributed by atoms with Gasteiger partial charge in [0.2, 0.25) is 0 Å². The highest BCUT2D eigenvalue weighted by Gasteiger charge is 2.07. The number of hydrogen-bond acceptors (Lipinski definition) is 5. The summed E-state index contributed by atoms with van der Waals surface area (Å²) in [5.41, 5.74) is 0.331. The monoisotopic (exact) mass is 258 g/mol. The molecule has 0 fully saturated rings. The highest BCUT2D eigenvalue weighted by Crippen LogP contribution is 2.19. The zero-order valence-corrected chi connectivity index (χ0v) is 10.1. The van der Waals surface area contributed by atoms with E-state index in [0.29, 0.717) is 11.9 Å². The largest absolute Gasteiger partial charge is 0.463 e. The fourth-order valence-electron chi connectivity index (χ4n) is 1.61. The van der Waals surface area contributed by atoms with Crippen LogP contribution in [-0.2, 0) is 9.59 Å². The van der Waals surface area contributed by atoms with Crippen molar-refractivity contribution in [3.63, 3.8) is 0 Å². The van der Waals surface area contributed by atoms with E-state index in [4.69, 9.17) is 9.15 Å². The summed E-state index contributed by atoms with van der Waals surface area (Å²) in [5, 5.41) is 0.284. The van der Waals surface area contributed by atoms with Gasteiger partial charge < -0.3 is 9.15 Å². The van der Waals surface area contributed by atoms with Crippen molar-refractivity contribution in [2.75, 3.05) is 0 Å². The molecule has 0 atom stereocenters. The molecule has 1 aromatic heterocycles. The zero-order valence-electron chi connectivity index (χ0n) is 10.1. The Hall–Kier alpha value is -2.69. The lowest BCUT2D eigenvalue weighted by atomic mass is 10.1. The lowest BCUT2D eigenvalue weighted by Gasteiger charge is -2.03. The van der Waals surface area contributed by atoms with E-state index in [1.807, 2.05) is 0 Å². The molecule has 0 aliphatic carbocycles. The lowest BCUT2D eigenvalue weighted by Crippen LogP contribution is -2.06. The van der Waals surface area contributed by atoms with Gasteiger partial charge >= 0.3 is 5.97 Å². The van der Waals surface area contributed by atoms with E-state index >= 15 is 0 Å². The molecule has 19 heavy (non-hydrogen) atoms. The Labute approximate surface area is 108 Å². The maximum Gasteiger partial charge on any atom is 0.308 e. The molecule has 0 unspecified atom stereocenters. The van der Waals surface area contributed by atoms with Crippen molar-refractivity contribution < 1.29 is 18.7 Å². The Morgan fingerprint density at radius 3 is 2.84 bits per heavy atom. The van der Waals surface area contributed by atoms with Gasteiger partial charge in [-0.25, -0.2) is 0 Å². The van der Waals surface area contributed by atoms with Crippen LogP contribution in [0.1, 0.15) is 12.5 Å². The molecule has 0 radical (unpaired) electrons. The number of esters is 1. The van der Waals surface area contributed by atoms with E-state index < -0.39 is 5.97 Å². The van der Waals surface area contributed by atoms with Gasteiger partial charge in [-0.1, -0.05) is 0 Å². The van der Waals surface area contributed by atoms with Gasteiger partial charge in [0.05, 0.1) is 10.9 Å². The number of rotatable bonds is 3. The Balaban J connectivity index is 2.58. The van der Waals surface area contributed by atoms with Crippen molar-refractivity contribution in [2.45, 2.75) is 6.92 Å². The van der Waals surface area contributed by atoms with Gasteiger partial charge in [-0.05, 0) is 30.4 Å². The highest BCUT2D eigenvalue weighted by molar-refractivity contribution is 5.82. The van der Waals surface area contributed by atoms with Crippen molar-refractivity contribution in [3.05, 3.63) is 46.3 Å². The average Bonchev–Trinajstić information content (AvgIpc) is 2.38. The molecule has 0 aliphatic rings. The average molecular weight is 258 g/mol. The van der Waals surface area contributed by atoms with Crippen LogP contribution in [0.3, 0.4) is 0 Å². The number of allylic oxidation sites excluding steroid dienone is 1. The van der Waals surface area contributed by atoms with Gasteiger partial charge in [0.25, 0.3) is 0 Å². The van der Waals surface area contributed by atoms with Crippen LogP contribution in [0, 0.1) is 0 Å². The molecule has 96 valence electrons. The van der Waals surface area contributed by atoms with Gasteiger partial charge in [0.1, 0.15) is 23.9 Å². The highest BCUT2D eigenvalue weighted by atomic mass is 16.5. The van der Waals surface area contributed by atoms with Crippen LogP contribution in [0.2, 0.25) is 0 Å². The summed E-state index contributed by atoms with van der Waals surface area (Å²) < 4.78 is 10.2. The number of aldehydes is 1. The molecule has 0 amide bonds. The van der Waals surface area contributed by atoms with Crippen LogP contribution in [0.5, 0.6) is 5.75 Å². The summed E-state index contributed by atoms with van der Waals surface area (Å²) in [6.45, 7) is 1.27. The van der Waals surface area contributed by atoms with Gasteiger partial charge in [-0.3, -0.25) is 14.4 Å². The minimum atomic E-state index is -0.472. The molecule has 1 aromatic carbocycles. The predicted molar refractivity (Wildman–Crippen MR) is 68.9 cm³/mol. The molecule has 5 heteroatoms. The Bertz CT molecular complexity index is 724. The van der Waals surface area contributed by atoms with E-state index in [9.17, 15) is 14.4 Å². The Kier molecular flexibility index (Phi) is 3.56. The van der Waals surface area contributed by atoms with Gasteiger partial charge in [-0.2, -0.15) is 0 Å². The third-order valence-electron chi connectivity index (χ3n) is 2.39. The van der Waals surface area contributed by atoms with E-state index in [1.54, 1.807) is 6.07 Å². The fourth-order valence-corrected chi connectivity index (χ4v) is 1.61. The number of carbonyl (C=O) groups excluding carboxylic acids is 2. The first-order chi connectivity index (χ1) is 9.11. The second-order valence-electron chi connectivity index (χ2n) is 3.77. The van der Waals surface area contributed by atoms with E-state index in [2.05, 4.69) is 0 Å². The van der Waals surface area contributed by atoms with Crippen LogP contribution in [0.25, 0.3) is 17.0 Å². The standard InChI is InChI=1S/C14H10O5/c1-9(16)19-11-4-5-13-12(7-11)14(17)10(8-18-13)3-2-6-15/h2-8H,1H3/b3-2-. The third-order valence-corrected chi connectivity index (χ3v) is 2.39. The van der Waals surface area contributed by atoms with E-state index in [-0.39, 0.29) is 22.1 Å². The minimum absolute atomic E-state index is 0.250. The lowest BCUT2D eigenvalue weighted by molar-refractivity contribution is -0.131. The molecule has 1 heterocycles. The number of fused-ring (bicyclic) bond motifs is 1. The Morgan fingerprint density at radius 2 is 2.16 bits per heavy atom. The van der Waals surface area contributed by atoms with Gasteiger partial charge in [-0.15, -0.1) is 0 Å². The zero-order chi connectivity index (χ0) is 13.8. The molecule has 0 N–H and O–H groups in total. The molecule has 0 saturated carbocycles. The first-order valence-corrected chi connectivity index (χ1v) is 5.47. The summed E-state index contributed by atoms with van der Waals surface area (Å²) in [6, 6.07) is 4.51. The molecular formula is C14H10O5. The molecule has 0 saturated heterocycles. The Morgan fingerprint density at radius 1 is 1.37 bits per heavy atom. The van der Waals surface area contributed by atoms with Gasteiger partial charge in [0.15, 0.2) is 5.43 Å². The molecule has 2 rings (SSSR count). The number of carbonyl (C=O) groups is 2. The smallest absolute Gasteiger partial charge is 0.308 e. The van der Waals surface area contributed by atoms with Crippen LogP contribution in [0.15, 0.2) is 39.7 Å². The van der Waals surface area contributed by atoms with Crippen molar-refractivity contribution in [1.82, 2.24) is 0 Å². The van der Waals surface area contributed by atoms with Crippen LogP contribution < -0.4 is 10.2 Å². The first kappa shape index (κ1) is 12.8. The molecule has 0 bridgehead atoms. The molecular weight excluding hydrogens is 248 g/mol. The summed E-state index contributed by atoms with van der Waals surface area (Å²) in [5.74, 6) is -0.204. The number of ether oxygens (including phenoxy) is 1. The maximum atomic E-state index is 12.1. The number of hydrogen-bond donors (Lipinski definition) is 0. The third kappa shape index (κ3) is 2.77. The van der Waals surface area contributed by atoms with E-state index in [1.165, 1.54) is 37.5 Å². The molecule has 2 aromatic rings.